The van der Waals surface area contributed by atoms with Gasteiger partial charge in [-0.3, -0.25) is 4.79 Å². The fourth-order valence-electron chi connectivity index (χ4n) is 1.22. The first-order valence-corrected chi connectivity index (χ1v) is 3.71. The van der Waals surface area contributed by atoms with E-state index in [1.807, 2.05) is 22.9 Å². The summed E-state index contributed by atoms with van der Waals surface area (Å²) >= 11 is 0. The highest BCUT2D eigenvalue weighted by molar-refractivity contribution is 5.99. The van der Waals surface area contributed by atoms with Gasteiger partial charge in [0.2, 0.25) is 0 Å². The molecular formula is C9H8N2O. The molecule has 0 unspecified atom stereocenters. The van der Waals surface area contributed by atoms with E-state index in [1.165, 1.54) is 0 Å². The van der Waals surface area contributed by atoms with Gasteiger partial charge in [0.25, 0.3) is 0 Å². The standard InChI is InChI=1S/C9H8N2O/c1-7(12)8-3-2-5-11-6-4-10-9(8)11/h2-6H,1H3. The zero-order chi connectivity index (χ0) is 8.55. The molecule has 0 aliphatic carbocycles. The fraction of sp³-hybridized carbons (Fsp3) is 0.111. The summed E-state index contributed by atoms with van der Waals surface area (Å²) in [6.07, 6.45) is 5.37. The molecule has 0 bridgehead atoms. The number of ketones is 1. The van der Waals surface area contributed by atoms with Gasteiger partial charge in [0.1, 0.15) is 5.65 Å². The predicted octanol–water partition coefficient (Wildman–Crippen LogP) is 1.54. The number of fused-ring (bicyclic) bond motifs is 1. The second-order valence-electron chi connectivity index (χ2n) is 2.64. The van der Waals surface area contributed by atoms with Crippen molar-refractivity contribution in [1.29, 1.82) is 0 Å². The fourth-order valence-corrected chi connectivity index (χ4v) is 1.22. The lowest BCUT2D eigenvalue weighted by Gasteiger charge is -1.97. The van der Waals surface area contributed by atoms with Crippen molar-refractivity contribution in [2.45, 2.75) is 6.92 Å². The predicted molar refractivity (Wildman–Crippen MR) is 45.2 cm³/mol. The first-order valence-electron chi connectivity index (χ1n) is 3.71. The quantitative estimate of drug-likeness (QED) is 0.593. The Bertz CT molecular complexity index is 431. The van der Waals surface area contributed by atoms with Crippen LogP contribution in [0.3, 0.4) is 0 Å². The van der Waals surface area contributed by atoms with Crippen molar-refractivity contribution >= 4 is 11.4 Å². The number of rotatable bonds is 1. The van der Waals surface area contributed by atoms with Crippen molar-refractivity contribution in [2.24, 2.45) is 0 Å². The van der Waals surface area contributed by atoms with E-state index < -0.39 is 0 Å². The molecule has 12 heavy (non-hydrogen) atoms. The molecule has 0 saturated heterocycles. The molecule has 2 aromatic heterocycles. The highest BCUT2D eigenvalue weighted by atomic mass is 16.1. The molecule has 0 spiro atoms. The van der Waals surface area contributed by atoms with Gasteiger partial charge in [-0.05, 0) is 19.1 Å². The maximum atomic E-state index is 11.1. The molecule has 0 saturated carbocycles. The molecule has 2 rings (SSSR count). The summed E-state index contributed by atoms with van der Waals surface area (Å²) in [6, 6.07) is 3.62. The van der Waals surface area contributed by atoms with Crippen LogP contribution >= 0.6 is 0 Å². The minimum Gasteiger partial charge on any atom is -0.307 e. The molecular weight excluding hydrogens is 152 g/mol. The van der Waals surface area contributed by atoms with Gasteiger partial charge in [0, 0.05) is 18.6 Å². The van der Waals surface area contributed by atoms with Gasteiger partial charge in [-0.25, -0.2) is 4.98 Å². The van der Waals surface area contributed by atoms with Crippen molar-refractivity contribution in [3.8, 4) is 0 Å². The van der Waals surface area contributed by atoms with Crippen LogP contribution in [0.15, 0.2) is 30.7 Å². The molecule has 0 N–H and O–H groups in total. The van der Waals surface area contributed by atoms with Crippen LogP contribution in [0.5, 0.6) is 0 Å². The Morgan fingerprint density at radius 3 is 3.08 bits per heavy atom. The van der Waals surface area contributed by atoms with E-state index in [-0.39, 0.29) is 5.78 Å². The Morgan fingerprint density at radius 2 is 2.33 bits per heavy atom. The summed E-state index contributed by atoms with van der Waals surface area (Å²) in [5, 5.41) is 0. The Labute approximate surface area is 69.7 Å². The third-order valence-electron chi connectivity index (χ3n) is 1.80. The van der Waals surface area contributed by atoms with Gasteiger partial charge >= 0.3 is 0 Å². The lowest BCUT2D eigenvalue weighted by atomic mass is 10.2. The van der Waals surface area contributed by atoms with Gasteiger partial charge in [-0.1, -0.05) is 0 Å². The van der Waals surface area contributed by atoms with Crippen LogP contribution in [-0.4, -0.2) is 15.2 Å². The van der Waals surface area contributed by atoms with Gasteiger partial charge < -0.3 is 4.40 Å². The number of aromatic nitrogens is 2. The third kappa shape index (κ3) is 0.906. The minimum absolute atomic E-state index is 0.0480. The van der Waals surface area contributed by atoms with Crippen LogP contribution in [0.2, 0.25) is 0 Å². The smallest absolute Gasteiger partial charge is 0.163 e. The first kappa shape index (κ1) is 7.03. The summed E-state index contributed by atoms with van der Waals surface area (Å²) in [7, 11) is 0. The van der Waals surface area contributed by atoms with Crippen LogP contribution < -0.4 is 0 Å². The summed E-state index contributed by atoms with van der Waals surface area (Å²) in [6.45, 7) is 1.55. The summed E-state index contributed by atoms with van der Waals surface area (Å²) in [5.41, 5.74) is 1.40. The number of pyridine rings is 1. The van der Waals surface area contributed by atoms with Crippen molar-refractivity contribution in [3.63, 3.8) is 0 Å². The van der Waals surface area contributed by atoms with Crippen molar-refractivity contribution in [2.75, 3.05) is 0 Å². The van der Waals surface area contributed by atoms with Gasteiger partial charge in [0.05, 0.1) is 5.56 Å². The van der Waals surface area contributed by atoms with E-state index in [2.05, 4.69) is 4.98 Å². The zero-order valence-electron chi connectivity index (χ0n) is 6.69. The lowest BCUT2D eigenvalue weighted by molar-refractivity contribution is 0.101. The zero-order valence-corrected chi connectivity index (χ0v) is 6.69. The molecule has 0 aromatic carbocycles. The molecule has 0 amide bonds. The minimum atomic E-state index is 0.0480. The SMILES string of the molecule is CC(=O)c1cccn2ccnc12. The largest absolute Gasteiger partial charge is 0.307 e. The average molecular weight is 160 g/mol. The van der Waals surface area contributed by atoms with E-state index in [9.17, 15) is 4.79 Å². The Kier molecular flexibility index (Phi) is 1.43. The Morgan fingerprint density at radius 1 is 1.50 bits per heavy atom. The number of carbonyl (C=O) groups is 1. The second-order valence-corrected chi connectivity index (χ2v) is 2.64. The Balaban J connectivity index is 2.82. The van der Waals surface area contributed by atoms with Crippen molar-refractivity contribution in [3.05, 3.63) is 36.3 Å². The monoisotopic (exact) mass is 160 g/mol. The van der Waals surface area contributed by atoms with Gasteiger partial charge in [-0.2, -0.15) is 0 Å². The highest BCUT2D eigenvalue weighted by Gasteiger charge is 2.04. The molecule has 0 atom stereocenters. The summed E-state index contributed by atoms with van der Waals surface area (Å²) < 4.78 is 1.83. The number of nitrogens with zero attached hydrogens (tertiary/aromatic N) is 2. The van der Waals surface area contributed by atoms with E-state index >= 15 is 0 Å². The molecule has 2 heterocycles. The molecule has 2 aromatic rings. The molecule has 0 radical (unpaired) electrons. The lowest BCUT2D eigenvalue weighted by Crippen LogP contribution is -1.96. The molecule has 0 fully saturated rings. The molecule has 60 valence electrons. The van der Waals surface area contributed by atoms with E-state index in [0.717, 1.165) is 5.65 Å². The number of Topliss-reactive ketones (excluding diaryl/α,β-unsaturated/α-hetero) is 1. The number of hydrogen-bond donors (Lipinski definition) is 0. The van der Waals surface area contributed by atoms with E-state index in [1.54, 1.807) is 19.2 Å². The second kappa shape index (κ2) is 2.44. The topological polar surface area (TPSA) is 34.4 Å². The number of hydrogen-bond acceptors (Lipinski definition) is 2. The van der Waals surface area contributed by atoms with Gasteiger partial charge in [-0.15, -0.1) is 0 Å². The van der Waals surface area contributed by atoms with Crippen LogP contribution in [-0.2, 0) is 0 Å². The van der Waals surface area contributed by atoms with E-state index in [4.69, 9.17) is 0 Å². The maximum Gasteiger partial charge on any atom is 0.163 e. The van der Waals surface area contributed by atoms with E-state index in [0.29, 0.717) is 5.56 Å². The van der Waals surface area contributed by atoms with Crippen LogP contribution in [0.25, 0.3) is 5.65 Å². The maximum absolute atomic E-state index is 11.1. The molecule has 3 heteroatoms. The number of imidazole rings is 1. The Hall–Kier alpha value is -1.64. The molecule has 3 nitrogen and oxygen atoms in total. The summed E-state index contributed by atoms with van der Waals surface area (Å²) in [4.78, 5) is 15.2. The average Bonchev–Trinajstić information content (AvgIpc) is 2.49. The van der Waals surface area contributed by atoms with Crippen LogP contribution in [0, 0.1) is 0 Å². The normalized spacial score (nSPS) is 10.4. The van der Waals surface area contributed by atoms with Crippen LogP contribution in [0.4, 0.5) is 0 Å². The van der Waals surface area contributed by atoms with Crippen molar-refractivity contribution < 1.29 is 4.79 Å². The first-order chi connectivity index (χ1) is 5.79. The van der Waals surface area contributed by atoms with Crippen molar-refractivity contribution in [1.82, 2.24) is 9.38 Å². The third-order valence-corrected chi connectivity index (χ3v) is 1.80. The van der Waals surface area contributed by atoms with Gasteiger partial charge in [0.15, 0.2) is 5.78 Å². The summed E-state index contributed by atoms with van der Waals surface area (Å²) in [5.74, 6) is 0.0480. The molecule has 0 aliphatic rings. The number of carbonyl (C=O) groups excluding carboxylic acids is 1. The molecule has 0 aliphatic heterocycles. The highest BCUT2D eigenvalue weighted by Crippen LogP contribution is 2.08. The van der Waals surface area contributed by atoms with Crippen LogP contribution in [0.1, 0.15) is 17.3 Å².